The van der Waals surface area contributed by atoms with Gasteiger partial charge in [0.25, 0.3) is 11.8 Å². The van der Waals surface area contributed by atoms with E-state index in [1.165, 1.54) is 19.3 Å². The zero-order valence-corrected chi connectivity index (χ0v) is 13.0. The van der Waals surface area contributed by atoms with E-state index in [1.54, 1.807) is 36.4 Å². The number of ketones is 1. The van der Waals surface area contributed by atoms with Crippen molar-refractivity contribution in [3.8, 4) is 0 Å². The van der Waals surface area contributed by atoms with Crippen LogP contribution in [0.25, 0.3) is 0 Å². The Kier molecular flexibility index (Phi) is 4.22. The summed E-state index contributed by atoms with van der Waals surface area (Å²) < 4.78 is 0. The number of fused-ring (bicyclic) bond motifs is 1. The number of rotatable bonds is 5. The summed E-state index contributed by atoms with van der Waals surface area (Å²) in [7, 11) is 0. The summed E-state index contributed by atoms with van der Waals surface area (Å²) in [5.74, 6) is -2.07. The second kappa shape index (κ2) is 6.33. The van der Waals surface area contributed by atoms with Crippen molar-refractivity contribution in [2.24, 2.45) is 5.92 Å². The molecular formula is C18H16N2O4. The highest BCUT2D eigenvalue weighted by atomic mass is 16.3. The highest BCUT2D eigenvalue weighted by molar-refractivity contribution is 6.21. The van der Waals surface area contributed by atoms with Crippen molar-refractivity contribution in [3.05, 3.63) is 65.5 Å². The SMILES string of the molecule is CC(=O)C(CN1C(=O)c2ccccc2C1=O)C(O)c1ccncc1. The van der Waals surface area contributed by atoms with Gasteiger partial charge in [0, 0.05) is 18.9 Å². The molecule has 6 nitrogen and oxygen atoms in total. The van der Waals surface area contributed by atoms with E-state index >= 15 is 0 Å². The molecule has 6 heteroatoms. The first-order chi connectivity index (χ1) is 11.5. The number of aliphatic hydroxyl groups excluding tert-OH is 1. The van der Waals surface area contributed by atoms with Crippen molar-refractivity contribution in [2.45, 2.75) is 13.0 Å². The first kappa shape index (κ1) is 16.0. The van der Waals surface area contributed by atoms with Crippen molar-refractivity contribution in [1.29, 1.82) is 0 Å². The summed E-state index contributed by atoms with van der Waals surface area (Å²) in [5.41, 5.74) is 1.16. The maximum Gasteiger partial charge on any atom is 0.261 e. The van der Waals surface area contributed by atoms with Gasteiger partial charge in [-0.1, -0.05) is 12.1 Å². The van der Waals surface area contributed by atoms with Crippen LogP contribution in [0.15, 0.2) is 48.8 Å². The third-order valence-electron chi connectivity index (χ3n) is 4.21. The van der Waals surface area contributed by atoms with Gasteiger partial charge >= 0.3 is 0 Å². The van der Waals surface area contributed by atoms with Crippen LogP contribution in [-0.2, 0) is 4.79 Å². The molecule has 122 valence electrons. The van der Waals surface area contributed by atoms with Crippen molar-refractivity contribution in [3.63, 3.8) is 0 Å². The molecule has 0 fully saturated rings. The summed E-state index contributed by atoms with van der Waals surface area (Å²) in [6.07, 6.45) is 1.91. The number of pyridine rings is 1. The Hall–Kier alpha value is -2.86. The van der Waals surface area contributed by atoms with Crippen LogP contribution >= 0.6 is 0 Å². The third kappa shape index (κ3) is 2.72. The number of Topliss-reactive ketones (excluding diaryl/α,β-unsaturated/α-hetero) is 1. The molecular weight excluding hydrogens is 308 g/mol. The first-order valence-corrected chi connectivity index (χ1v) is 7.54. The molecule has 0 spiro atoms. The highest BCUT2D eigenvalue weighted by Gasteiger charge is 2.39. The maximum absolute atomic E-state index is 12.4. The second-order valence-electron chi connectivity index (χ2n) is 5.71. The molecule has 1 aromatic carbocycles. The molecule has 0 saturated heterocycles. The standard InChI is InChI=1S/C18H16N2O4/c1-11(21)15(16(22)12-6-8-19-9-7-12)10-20-17(23)13-4-2-3-5-14(13)18(20)24/h2-9,15-16,22H,10H2,1H3. The Bertz CT molecular complexity index is 769. The fourth-order valence-electron chi connectivity index (χ4n) is 2.85. The van der Waals surface area contributed by atoms with Crippen LogP contribution in [0.4, 0.5) is 0 Å². The first-order valence-electron chi connectivity index (χ1n) is 7.54. The molecule has 1 aliphatic heterocycles. The van der Waals surface area contributed by atoms with Gasteiger partial charge in [0.15, 0.2) is 0 Å². The lowest BCUT2D eigenvalue weighted by molar-refractivity contribution is -0.124. The normalized spacial score (nSPS) is 16.0. The minimum absolute atomic E-state index is 0.162. The van der Waals surface area contributed by atoms with Gasteiger partial charge in [0.1, 0.15) is 5.78 Å². The van der Waals surface area contributed by atoms with Gasteiger partial charge in [-0.25, -0.2) is 0 Å². The van der Waals surface area contributed by atoms with Gasteiger partial charge < -0.3 is 5.11 Å². The Balaban J connectivity index is 1.87. The van der Waals surface area contributed by atoms with Gasteiger partial charge in [-0.2, -0.15) is 0 Å². The summed E-state index contributed by atoms with van der Waals surface area (Å²) in [4.78, 5) is 41.8. The Morgan fingerprint density at radius 3 is 2.12 bits per heavy atom. The van der Waals surface area contributed by atoms with Crippen LogP contribution in [-0.4, -0.2) is 39.1 Å². The van der Waals surface area contributed by atoms with E-state index in [0.29, 0.717) is 16.7 Å². The van der Waals surface area contributed by atoms with Gasteiger partial charge in [0.2, 0.25) is 0 Å². The van der Waals surface area contributed by atoms with E-state index in [9.17, 15) is 19.5 Å². The zero-order chi connectivity index (χ0) is 17.3. The number of hydrogen-bond acceptors (Lipinski definition) is 5. The number of aromatic nitrogens is 1. The molecule has 0 bridgehead atoms. The number of amides is 2. The van der Waals surface area contributed by atoms with E-state index in [0.717, 1.165) is 4.90 Å². The van der Waals surface area contributed by atoms with E-state index in [-0.39, 0.29) is 12.3 Å². The minimum Gasteiger partial charge on any atom is -0.388 e. The predicted octanol–water partition coefficient (Wildman–Crippen LogP) is 1.62. The number of hydrogen-bond donors (Lipinski definition) is 1. The molecule has 0 radical (unpaired) electrons. The molecule has 24 heavy (non-hydrogen) atoms. The fourth-order valence-corrected chi connectivity index (χ4v) is 2.85. The number of nitrogens with zero attached hydrogens (tertiary/aromatic N) is 2. The van der Waals surface area contributed by atoms with Gasteiger partial charge in [-0.05, 0) is 36.8 Å². The van der Waals surface area contributed by atoms with E-state index in [1.807, 2.05) is 0 Å². The van der Waals surface area contributed by atoms with Crippen molar-refractivity contribution >= 4 is 17.6 Å². The highest BCUT2D eigenvalue weighted by Crippen LogP contribution is 2.28. The van der Waals surface area contributed by atoms with Crippen LogP contribution in [0.2, 0.25) is 0 Å². The lowest BCUT2D eigenvalue weighted by Gasteiger charge is -2.25. The van der Waals surface area contributed by atoms with Crippen LogP contribution in [0.1, 0.15) is 39.3 Å². The fraction of sp³-hybridized carbons (Fsp3) is 0.222. The maximum atomic E-state index is 12.4. The van der Waals surface area contributed by atoms with Gasteiger partial charge in [0.05, 0.1) is 23.1 Å². The Morgan fingerprint density at radius 1 is 1.08 bits per heavy atom. The van der Waals surface area contributed by atoms with Crippen LogP contribution in [0.3, 0.4) is 0 Å². The van der Waals surface area contributed by atoms with Crippen LogP contribution < -0.4 is 0 Å². The number of carbonyl (C=O) groups is 3. The van der Waals surface area contributed by atoms with Crippen molar-refractivity contribution in [1.82, 2.24) is 9.88 Å². The smallest absolute Gasteiger partial charge is 0.261 e. The third-order valence-corrected chi connectivity index (χ3v) is 4.21. The number of carbonyl (C=O) groups excluding carboxylic acids is 3. The van der Waals surface area contributed by atoms with E-state index in [2.05, 4.69) is 4.98 Å². The molecule has 2 heterocycles. The monoisotopic (exact) mass is 324 g/mol. The number of aliphatic hydroxyl groups is 1. The molecule has 0 aliphatic carbocycles. The average Bonchev–Trinajstić information content (AvgIpc) is 2.84. The van der Waals surface area contributed by atoms with Crippen molar-refractivity contribution in [2.75, 3.05) is 6.54 Å². The molecule has 0 saturated carbocycles. The molecule has 2 unspecified atom stereocenters. The molecule has 2 amide bonds. The Morgan fingerprint density at radius 2 is 1.62 bits per heavy atom. The average molecular weight is 324 g/mol. The minimum atomic E-state index is -1.12. The molecule has 1 N–H and O–H groups in total. The quantitative estimate of drug-likeness (QED) is 0.844. The predicted molar refractivity (Wildman–Crippen MR) is 85.2 cm³/mol. The molecule has 1 aromatic heterocycles. The topological polar surface area (TPSA) is 87.6 Å². The Labute approximate surface area is 138 Å². The van der Waals surface area contributed by atoms with E-state index < -0.39 is 23.8 Å². The molecule has 3 rings (SSSR count). The molecule has 2 atom stereocenters. The van der Waals surface area contributed by atoms with Gasteiger partial charge in [-0.15, -0.1) is 0 Å². The number of benzene rings is 1. The molecule has 2 aromatic rings. The second-order valence-corrected chi connectivity index (χ2v) is 5.71. The zero-order valence-electron chi connectivity index (χ0n) is 13.0. The van der Waals surface area contributed by atoms with Crippen molar-refractivity contribution < 1.29 is 19.5 Å². The lowest BCUT2D eigenvalue weighted by Crippen LogP contribution is -2.39. The summed E-state index contributed by atoms with van der Waals surface area (Å²) in [6, 6.07) is 9.73. The summed E-state index contributed by atoms with van der Waals surface area (Å²) in [5, 5.41) is 10.5. The van der Waals surface area contributed by atoms with Crippen LogP contribution in [0, 0.1) is 5.92 Å². The largest absolute Gasteiger partial charge is 0.388 e. The lowest BCUT2D eigenvalue weighted by atomic mass is 9.92. The summed E-state index contributed by atoms with van der Waals surface area (Å²) in [6.45, 7) is 1.18. The van der Waals surface area contributed by atoms with Crippen LogP contribution in [0.5, 0.6) is 0 Å². The number of imide groups is 1. The van der Waals surface area contributed by atoms with E-state index in [4.69, 9.17) is 0 Å². The van der Waals surface area contributed by atoms with Gasteiger partial charge in [-0.3, -0.25) is 24.3 Å². The summed E-state index contributed by atoms with van der Waals surface area (Å²) >= 11 is 0. The molecule has 1 aliphatic rings.